The number of para-hydroxylation sites is 1. The van der Waals surface area contributed by atoms with E-state index in [0.29, 0.717) is 22.0 Å². The fourth-order valence-electron chi connectivity index (χ4n) is 4.79. The summed E-state index contributed by atoms with van der Waals surface area (Å²) in [6, 6.07) is 13.6. The molecular weight excluding hydrogens is 366 g/mol. The minimum absolute atomic E-state index is 0.294. The third-order valence-corrected chi connectivity index (χ3v) is 6.07. The van der Waals surface area contributed by atoms with E-state index in [-0.39, 0.29) is 23.8 Å². The molecule has 3 aliphatic heterocycles. The van der Waals surface area contributed by atoms with E-state index in [1.54, 1.807) is 30.3 Å². The maximum absolute atomic E-state index is 13.4. The molecule has 0 unspecified atom stereocenters. The van der Waals surface area contributed by atoms with Gasteiger partial charge in [-0.05, 0) is 31.2 Å². The molecule has 4 atom stereocenters. The molecule has 0 radical (unpaired) electrons. The molecule has 7 heteroatoms. The van der Waals surface area contributed by atoms with Crippen LogP contribution < -0.4 is 15.5 Å². The van der Waals surface area contributed by atoms with Crippen LogP contribution in [0.25, 0.3) is 0 Å². The molecule has 0 saturated carbocycles. The number of carbonyl (C=O) groups excluding carboxylic acids is 3. The van der Waals surface area contributed by atoms with Crippen LogP contribution in [-0.4, -0.2) is 23.8 Å². The highest BCUT2D eigenvalue weighted by Gasteiger charge is 2.69. The molecule has 2 saturated heterocycles. The molecule has 6 nitrogen and oxygen atoms in total. The lowest BCUT2D eigenvalue weighted by atomic mass is 9.76. The Morgan fingerprint density at radius 1 is 1.04 bits per heavy atom. The zero-order valence-corrected chi connectivity index (χ0v) is 15.2. The Balaban J connectivity index is 1.67. The quantitative estimate of drug-likeness (QED) is 0.743. The molecule has 136 valence electrons. The fraction of sp³-hybridized carbons (Fsp3) is 0.250. The van der Waals surface area contributed by atoms with Gasteiger partial charge in [0.1, 0.15) is 5.54 Å². The normalized spacial score (nSPS) is 31.4. The Kier molecular flexibility index (Phi) is 3.30. The summed E-state index contributed by atoms with van der Waals surface area (Å²) in [5.74, 6) is -2.40. The van der Waals surface area contributed by atoms with Gasteiger partial charge in [-0.3, -0.25) is 19.7 Å². The molecule has 5 rings (SSSR count). The van der Waals surface area contributed by atoms with Crippen molar-refractivity contribution in [2.24, 2.45) is 11.8 Å². The van der Waals surface area contributed by atoms with Crippen LogP contribution in [-0.2, 0) is 19.9 Å². The monoisotopic (exact) mass is 381 g/mol. The number of carbonyl (C=O) groups is 3. The summed E-state index contributed by atoms with van der Waals surface area (Å²) in [6.45, 7) is 1.84. The van der Waals surface area contributed by atoms with E-state index in [2.05, 4.69) is 10.6 Å². The Bertz CT molecular complexity index is 1020. The van der Waals surface area contributed by atoms with Crippen LogP contribution in [0.5, 0.6) is 0 Å². The molecule has 3 amide bonds. The highest BCUT2D eigenvalue weighted by molar-refractivity contribution is 6.31. The van der Waals surface area contributed by atoms with E-state index in [4.69, 9.17) is 11.6 Å². The van der Waals surface area contributed by atoms with Crippen LogP contribution in [0, 0.1) is 11.8 Å². The average Bonchev–Trinajstić information content (AvgIpc) is 3.20. The summed E-state index contributed by atoms with van der Waals surface area (Å²) in [5, 5.41) is 6.57. The minimum atomic E-state index is -1.24. The van der Waals surface area contributed by atoms with Crippen molar-refractivity contribution in [2.75, 3.05) is 10.2 Å². The van der Waals surface area contributed by atoms with Crippen molar-refractivity contribution >= 4 is 40.7 Å². The van der Waals surface area contributed by atoms with Gasteiger partial charge >= 0.3 is 0 Å². The smallest absolute Gasteiger partial charge is 0.250 e. The van der Waals surface area contributed by atoms with Gasteiger partial charge in [-0.15, -0.1) is 0 Å². The molecule has 2 aromatic carbocycles. The molecule has 0 bridgehead atoms. The van der Waals surface area contributed by atoms with Crippen LogP contribution in [0.2, 0.25) is 5.02 Å². The highest BCUT2D eigenvalue weighted by atomic mass is 35.5. The second-order valence-electron chi connectivity index (χ2n) is 7.24. The highest BCUT2D eigenvalue weighted by Crippen LogP contribution is 2.53. The van der Waals surface area contributed by atoms with Crippen LogP contribution in [0.3, 0.4) is 0 Å². The number of rotatable bonds is 1. The first kappa shape index (κ1) is 16.5. The van der Waals surface area contributed by atoms with E-state index >= 15 is 0 Å². The first-order valence-corrected chi connectivity index (χ1v) is 9.15. The molecule has 1 spiro atoms. The lowest BCUT2D eigenvalue weighted by molar-refractivity contribution is -0.130. The van der Waals surface area contributed by atoms with Crippen LogP contribution in [0.4, 0.5) is 11.4 Å². The van der Waals surface area contributed by atoms with E-state index < -0.39 is 17.4 Å². The number of hydrogen-bond donors (Lipinski definition) is 2. The van der Waals surface area contributed by atoms with Gasteiger partial charge in [0.05, 0.1) is 17.5 Å². The summed E-state index contributed by atoms with van der Waals surface area (Å²) in [7, 11) is 0. The third kappa shape index (κ3) is 1.97. The number of halogens is 1. The average molecular weight is 382 g/mol. The van der Waals surface area contributed by atoms with Crippen molar-refractivity contribution in [2.45, 2.75) is 18.5 Å². The second kappa shape index (κ2) is 5.41. The van der Waals surface area contributed by atoms with E-state index in [9.17, 15) is 14.4 Å². The van der Waals surface area contributed by atoms with Crippen LogP contribution in [0.15, 0.2) is 48.5 Å². The van der Waals surface area contributed by atoms with E-state index in [1.807, 2.05) is 25.1 Å². The van der Waals surface area contributed by atoms with Crippen LogP contribution in [0.1, 0.15) is 12.5 Å². The zero-order chi connectivity index (χ0) is 18.9. The maximum atomic E-state index is 13.4. The number of imide groups is 1. The number of hydrogen-bond acceptors (Lipinski definition) is 4. The maximum Gasteiger partial charge on any atom is 0.250 e. The van der Waals surface area contributed by atoms with Crippen molar-refractivity contribution in [1.29, 1.82) is 0 Å². The lowest BCUT2D eigenvalue weighted by Gasteiger charge is -2.29. The van der Waals surface area contributed by atoms with Gasteiger partial charge < -0.3 is 5.32 Å². The lowest BCUT2D eigenvalue weighted by Crippen LogP contribution is -2.53. The number of fused-ring (bicyclic) bond motifs is 4. The van der Waals surface area contributed by atoms with Gasteiger partial charge in [-0.25, -0.2) is 4.90 Å². The van der Waals surface area contributed by atoms with Gasteiger partial charge in [-0.2, -0.15) is 0 Å². The second-order valence-corrected chi connectivity index (χ2v) is 7.67. The minimum Gasteiger partial charge on any atom is -0.324 e. The number of nitrogens with one attached hydrogen (secondary N) is 2. The summed E-state index contributed by atoms with van der Waals surface area (Å²) in [6.07, 6.45) is 0. The zero-order valence-electron chi connectivity index (χ0n) is 14.4. The fourth-order valence-corrected chi connectivity index (χ4v) is 4.97. The molecule has 0 aromatic heterocycles. The predicted molar refractivity (Wildman–Crippen MR) is 100 cm³/mol. The van der Waals surface area contributed by atoms with Gasteiger partial charge in [0.25, 0.3) is 0 Å². The van der Waals surface area contributed by atoms with Crippen molar-refractivity contribution in [1.82, 2.24) is 5.32 Å². The van der Waals surface area contributed by atoms with Crippen molar-refractivity contribution < 1.29 is 14.4 Å². The van der Waals surface area contributed by atoms with Gasteiger partial charge in [-0.1, -0.05) is 35.9 Å². The third-order valence-electron chi connectivity index (χ3n) is 5.84. The summed E-state index contributed by atoms with van der Waals surface area (Å²) in [5.41, 5.74) is 0.578. The Hall–Kier alpha value is -2.70. The molecule has 3 aliphatic rings. The Labute approximate surface area is 160 Å². The number of anilines is 2. The Morgan fingerprint density at radius 3 is 2.59 bits per heavy atom. The first-order chi connectivity index (χ1) is 12.9. The van der Waals surface area contributed by atoms with Gasteiger partial charge in [0, 0.05) is 22.3 Å². The molecule has 0 aliphatic carbocycles. The summed E-state index contributed by atoms with van der Waals surface area (Å²) in [4.78, 5) is 40.8. The van der Waals surface area contributed by atoms with Gasteiger partial charge in [0.2, 0.25) is 17.7 Å². The number of benzene rings is 2. The van der Waals surface area contributed by atoms with Crippen molar-refractivity contribution in [3.05, 3.63) is 59.1 Å². The molecule has 27 heavy (non-hydrogen) atoms. The standard InChI is InChI=1S/C20H16ClN3O3/c1-10-15-16(18(26)24(17(15)25)12-6-4-5-11(21)9-12)20(23-10)13-7-2-3-8-14(13)22-19(20)27/h2-10,15-16,23H,1H3,(H,22,27)/t10-,15-,16-,20-/m1/s1. The SMILES string of the molecule is C[C@H]1N[C@@]2(C(=O)Nc3ccccc32)[C@H]2C(=O)N(c3cccc(Cl)c3)C(=O)[C@H]12. The Morgan fingerprint density at radius 2 is 1.81 bits per heavy atom. The summed E-state index contributed by atoms with van der Waals surface area (Å²) < 4.78 is 0. The molecular formula is C20H16ClN3O3. The predicted octanol–water partition coefficient (Wildman–Crippen LogP) is 2.28. The molecule has 2 fully saturated rings. The van der Waals surface area contributed by atoms with Crippen LogP contribution >= 0.6 is 11.6 Å². The number of amides is 3. The first-order valence-electron chi connectivity index (χ1n) is 8.77. The number of nitrogens with zero attached hydrogens (tertiary/aromatic N) is 1. The van der Waals surface area contributed by atoms with E-state index in [1.165, 1.54) is 4.90 Å². The van der Waals surface area contributed by atoms with E-state index in [0.717, 1.165) is 0 Å². The van der Waals surface area contributed by atoms with Crippen molar-refractivity contribution in [3.63, 3.8) is 0 Å². The molecule has 3 heterocycles. The van der Waals surface area contributed by atoms with Gasteiger partial charge in [0.15, 0.2) is 0 Å². The molecule has 2 aromatic rings. The topological polar surface area (TPSA) is 78.5 Å². The molecule has 2 N–H and O–H groups in total. The largest absolute Gasteiger partial charge is 0.324 e. The summed E-state index contributed by atoms with van der Waals surface area (Å²) >= 11 is 6.05. The van der Waals surface area contributed by atoms with Crippen molar-refractivity contribution in [3.8, 4) is 0 Å².